The van der Waals surface area contributed by atoms with Crippen molar-refractivity contribution in [3.63, 3.8) is 0 Å². The molecular formula is C11H17NO3. The molecule has 2 rings (SSSR count). The van der Waals surface area contributed by atoms with E-state index in [-0.39, 0.29) is 6.04 Å². The molecule has 4 nitrogen and oxygen atoms in total. The van der Waals surface area contributed by atoms with Crippen LogP contribution < -0.4 is 5.32 Å². The van der Waals surface area contributed by atoms with Crippen LogP contribution in [0.5, 0.6) is 0 Å². The number of aliphatic hydroxyl groups is 1. The normalized spacial score (nSPS) is 26.1. The Balaban J connectivity index is 1.97. The third kappa shape index (κ3) is 2.59. The first-order valence-corrected chi connectivity index (χ1v) is 5.26. The minimum absolute atomic E-state index is 0.193. The summed E-state index contributed by atoms with van der Waals surface area (Å²) in [6.45, 7) is 4.01. The van der Waals surface area contributed by atoms with E-state index in [1.165, 1.54) is 0 Å². The van der Waals surface area contributed by atoms with Crippen LogP contribution in [0.15, 0.2) is 22.8 Å². The molecule has 84 valence electrons. The van der Waals surface area contributed by atoms with E-state index in [1.54, 1.807) is 25.3 Å². The van der Waals surface area contributed by atoms with Gasteiger partial charge in [0.25, 0.3) is 0 Å². The Morgan fingerprint density at radius 3 is 3.13 bits per heavy atom. The SMILES string of the molecule is CC(O)(CC1COCCN1)c1ccco1. The summed E-state index contributed by atoms with van der Waals surface area (Å²) in [5, 5.41) is 13.5. The number of hydrogen-bond donors (Lipinski definition) is 2. The molecule has 0 spiro atoms. The molecular weight excluding hydrogens is 194 g/mol. The number of rotatable bonds is 3. The summed E-state index contributed by atoms with van der Waals surface area (Å²) in [5.41, 5.74) is -0.929. The second-order valence-corrected chi connectivity index (χ2v) is 4.18. The number of ether oxygens (including phenoxy) is 1. The zero-order valence-corrected chi connectivity index (χ0v) is 8.90. The second-order valence-electron chi connectivity index (χ2n) is 4.18. The molecule has 1 saturated heterocycles. The predicted molar refractivity (Wildman–Crippen MR) is 55.5 cm³/mol. The molecule has 15 heavy (non-hydrogen) atoms. The molecule has 2 N–H and O–H groups in total. The van der Waals surface area contributed by atoms with E-state index in [9.17, 15) is 5.11 Å². The monoisotopic (exact) mass is 211 g/mol. The maximum Gasteiger partial charge on any atom is 0.135 e. The first-order chi connectivity index (χ1) is 7.18. The Morgan fingerprint density at radius 2 is 2.53 bits per heavy atom. The van der Waals surface area contributed by atoms with E-state index < -0.39 is 5.60 Å². The Hall–Kier alpha value is -0.840. The van der Waals surface area contributed by atoms with Gasteiger partial charge in [0.15, 0.2) is 0 Å². The highest BCUT2D eigenvalue weighted by atomic mass is 16.5. The average molecular weight is 211 g/mol. The molecule has 0 aliphatic carbocycles. The maximum absolute atomic E-state index is 10.2. The molecule has 0 amide bonds. The lowest BCUT2D eigenvalue weighted by Gasteiger charge is -2.30. The average Bonchev–Trinajstić information content (AvgIpc) is 2.71. The van der Waals surface area contributed by atoms with Crippen molar-refractivity contribution in [2.75, 3.05) is 19.8 Å². The first kappa shape index (κ1) is 10.7. The van der Waals surface area contributed by atoms with Crippen molar-refractivity contribution in [2.45, 2.75) is 25.0 Å². The highest BCUT2D eigenvalue weighted by Crippen LogP contribution is 2.26. The Labute approximate surface area is 89.2 Å². The molecule has 1 fully saturated rings. The summed E-state index contributed by atoms with van der Waals surface area (Å²) in [6, 6.07) is 3.78. The smallest absolute Gasteiger partial charge is 0.135 e. The second kappa shape index (κ2) is 4.35. The number of morpholine rings is 1. The fourth-order valence-electron chi connectivity index (χ4n) is 1.92. The Morgan fingerprint density at radius 1 is 1.67 bits per heavy atom. The number of hydrogen-bond acceptors (Lipinski definition) is 4. The summed E-state index contributed by atoms with van der Waals surface area (Å²) in [7, 11) is 0. The van der Waals surface area contributed by atoms with Crippen LogP contribution in [0.2, 0.25) is 0 Å². The van der Waals surface area contributed by atoms with Crippen molar-refractivity contribution < 1.29 is 14.3 Å². The zero-order valence-electron chi connectivity index (χ0n) is 8.90. The van der Waals surface area contributed by atoms with E-state index in [1.807, 2.05) is 0 Å². The van der Waals surface area contributed by atoms with Gasteiger partial charge < -0.3 is 19.6 Å². The Bertz CT molecular complexity index is 289. The van der Waals surface area contributed by atoms with Gasteiger partial charge in [0, 0.05) is 19.0 Å². The quantitative estimate of drug-likeness (QED) is 0.778. The molecule has 0 aromatic carbocycles. The van der Waals surface area contributed by atoms with Crippen molar-refractivity contribution in [1.29, 1.82) is 0 Å². The molecule has 0 bridgehead atoms. The largest absolute Gasteiger partial charge is 0.466 e. The molecule has 0 saturated carbocycles. The van der Waals surface area contributed by atoms with Crippen LogP contribution in [0.25, 0.3) is 0 Å². The van der Waals surface area contributed by atoms with E-state index in [4.69, 9.17) is 9.15 Å². The third-order valence-corrected chi connectivity index (χ3v) is 2.69. The highest BCUT2D eigenvalue weighted by molar-refractivity contribution is 5.08. The van der Waals surface area contributed by atoms with Gasteiger partial charge in [-0.2, -0.15) is 0 Å². The predicted octanol–water partition coefficient (Wildman–Crippen LogP) is 0.866. The van der Waals surface area contributed by atoms with Crippen LogP contribution in [-0.2, 0) is 10.3 Å². The van der Waals surface area contributed by atoms with Gasteiger partial charge >= 0.3 is 0 Å². The molecule has 0 radical (unpaired) electrons. The molecule has 2 atom stereocenters. The topological polar surface area (TPSA) is 54.6 Å². The van der Waals surface area contributed by atoms with Crippen LogP contribution in [0.1, 0.15) is 19.1 Å². The summed E-state index contributed by atoms with van der Waals surface area (Å²) >= 11 is 0. The van der Waals surface area contributed by atoms with Gasteiger partial charge in [0.2, 0.25) is 0 Å². The molecule has 1 aromatic heterocycles. The van der Waals surface area contributed by atoms with Gasteiger partial charge in [-0.25, -0.2) is 0 Å². The first-order valence-electron chi connectivity index (χ1n) is 5.26. The van der Waals surface area contributed by atoms with E-state index in [0.717, 1.165) is 13.2 Å². The maximum atomic E-state index is 10.2. The lowest BCUT2D eigenvalue weighted by molar-refractivity contribution is -0.0105. The van der Waals surface area contributed by atoms with Crippen LogP contribution in [0.3, 0.4) is 0 Å². The van der Waals surface area contributed by atoms with E-state index >= 15 is 0 Å². The van der Waals surface area contributed by atoms with Crippen LogP contribution >= 0.6 is 0 Å². The van der Waals surface area contributed by atoms with Gasteiger partial charge in [0.05, 0.1) is 19.5 Å². The van der Waals surface area contributed by atoms with Gasteiger partial charge in [-0.3, -0.25) is 0 Å². The highest BCUT2D eigenvalue weighted by Gasteiger charge is 2.30. The van der Waals surface area contributed by atoms with E-state index in [0.29, 0.717) is 18.8 Å². The van der Waals surface area contributed by atoms with Crippen LogP contribution in [-0.4, -0.2) is 30.9 Å². The molecule has 1 aromatic rings. The van der Waals surface area contributed by atoms with E-state index in [2.05, 4.69) is 5.32 Å². The lowest BCUT2D eigenvalue weighted by atomic mass is 9.94. The fraction of sp³-hybridized carbons (Fsp3) is 0.636. The number of nitrogens with one attached hydrogen (secondary N) is 1. The Kier molecular flexibility index (Phi) is 3.09. The summed E-state index contributed by atoms with van der Waals surface area (Å²) < 4.78 is 10.6. The van der Waals surface area contributed by atoms with Crippen LogP contribution in [0.4, 0.5) is 0 Å². The van der Waals surface area contributed by atoms with Crippen molar-refractivity contribution in [3.8, 4) is 0 Å². The van der Waals surface area contributed by atoms with Crippen molar-refractivity contribution in [3.05, 3.63) is 24.2 Å². The van der Waals surface area contributed by atoms with Gasteiger partial charge in [-0.1, -0.05) is 0 Å². The van der Waals surface area contributed by atoms with Crippen molar-refractivity contribution >= 4 is 0 Å². The number of furan rings is 1. The molecule has 1 aliphatic heterocycles. The zero-order chi connectivity index (χ0) is 10.7. The molecule has 2 heterocycles. The minimum atomic E-state index is -0.929. The van der Waals surface area contributed by atoms with Crippen molar-refractivity contribution in [2.24, 2.45) is 0 Å². The molecule has 2 unspecified atom stereocenters. The summed E-state index contributed by atoms with van der Waals surface area (Å²) in [4.78, 5) is 0. The van der Waals surface area contributed by atoms with Gasteiger partial charge in [0.1, 0.15) is 11.4 Å². The van der Waals surface area contributed by atoms with Gasteiger partial charge in [-0.15, -0.1) is 0 Å². The standard InChI is InChI=1S/C11H17NO3/c1-11(13,10-3-2-5-15-10)7-9-8-14-6-4-12-9/h2-3,5,9,12-13H,4,6-8H2,1H3. The van der Waals surface area contributed by atoms with Crippen molar-refractivity contribution in [1.82, 2.24) is 5.32 Å². The van der Waals surface area contributed by atoms with Crippen LogP contribution in [0, 0.1) is 0 Å². The summed E-state index contributed by atoms with van der Waals surface area (Å²) in [6.07, 6.45) is 2.18. The third-order valence-electron chi connectivity index (χ3n) is 2.69. The minimum Gasteiger partial charge on any atom is -0.466 e. The molecule has 4 heteroatoms. The fourth-order valence-corrected chi connectivity index (χ4v) is 1.92. The molecule has 1 aliphatic rings. The lowest BCUT2D eigenvalue weighted by Crippen LogP contribution is -2.45. The summed E-state index contributed by atoms with van der Waals surface area (Å²) in [5.74, 6) is 0.606. The van der Waals surface area contributed by atoms with Gasteiger partial charge in [-0.05, 0) is 19.1 Å².